The average Bonchev–Trinajstić information content (AvgIpc) is 2.22. The van der Waals surface area contributed by atoms with Crippen LogP contribution in [-0.4, -0.2) is 23.7 Å². The van der Waals surface area contributed by atoms with Gasteiger partial charge in [0.15, 0.2) is 0 Å². The number of hydrogen-bond acceptors (Lipinski definition) is 4. The Balaban J connectivity index is 2.21. The normalized spacial score (nSPS) is 16.6. The second kappa shape index (κ2) is 6.40. The number of unbranched alkanes of at least 4 members (excludes halogenated alkanes) is 2. The van der Waals surface area contributed by atoms with Gasteiger partial charge < -0.3 is 4.84 Å². The molecule has 1 aliphatic rings. The van der Waals surface area contributed by atoms with Crippen molar-refractivity contribution in [3.05, 3.63) is 0 Å². The maximum atomic E-state index is 11.2. The Kier molecular flexibility index (Phi) is 5.10. The lowest BCUT2D eigenvalue weighted by Gasteiger charge is -2.23. The topological polar surface area (TPSA) is 55.8 Å². The van der Waals surface area contributed by atoms with Gasteiger partial charge in [0.2, 0.25) is 0 Å². The van der Waals surface area contributed by atoms with Gasteiger partial charge in [-0.25, -0.2) is 9.63 Å². The van der Waals surface area contributed by atoms with Crippen LogP contribution in [0.25, 0.3) is 0 Å². The Labute approximate surface area is 89.2 Å². The number of carbonyl (C=O) groups excluding carboxylic acids is 2. The van der Waals surface area contributed by atoms with Crippen LogP contribution in [-0.2, 0) is 19.3 Å². The fraction of sp³-hybridized carbons (Fsp3) is 0.800. The number of rotatable bonds is 5. The van der Waals surface area contributed by atoms with Crippen molar-refractivity contribution < 1.29 is 19.3 Å². The third-order valence-electron chi connectivity index (χ3n) is 2.12. The van der Waals surface area contributed by atoms with Gasteiger partial charge in [0, 0.05) is 12.8 Å². The molecule has 0 saturated carbocycles. The summed E-state index contributed by atoms with van der Waals surface area (Å²) in [7, 11) is 0. The highest BCUT2D eigenvalue weighted by molar-refractivity contribution is 5.77. The third-order valence-corrected chi connectivity index (χ3v) is 2.12. The summed E-state index contributed by atoms with van der Waals surface area (Å²) in [6.45, 7) is 2.48. The van der Waals surface area contributed by atoms with Crippen molar-refractivity contribution in [3.8, 4) is 0 Å². The van der Waals surface area contributed by atoms with E-state index in [9.17, 15) is 9.59 Å². The fourth-order valence-corrected chi connectivity index (χ4v) is 1.27. The first-order chi connectivity index (χ1) is 7.24. The number of nitrogens with zero attached hydrogens (tertiary/aromatic N) is 1. The zero-order valence-corrected chi connectivity index (χ0v) is 9.03. The molecule has 1 saturated heterocycles. The van der Waals surface area contributed by atoms with Gasteiger partial charge in [0.25, 0.3) is 5.91 Å². The van der Waals surface area contributed by atoms with Gasteiger partial charge in [-0.15, -0.1) is 0 Å². The first kappa shape index (κ1) is 12.0. The molecule has 0 radical (unpaired) electrons. The first-order valence-corrected chi connectivity index (χ1v) is 5.40. The van der Waals surface area contributed by atoms with Crippen LogP contribution in [0.4, 0.5) is 0 Å². The summed E-state index contributed by atoms with van der Waals surface area (Å²) in [4.78, 5) is 32.1. The fourth-order valence-electron chi connectivity index (χ4n) is 1.27. The van der Waals surface area contributed by atoms with Crippen LogP contribution in [0, 0.1) is 0 Å². The van der Waals surface area contributed by atoms with Gasteiger partial charge in [0.1, 0.15) is 0 Å². The van der Waals surface area contributed by atoms with Gasteiger partial charge >= 0.3 is 5.97 Å². The van der Waals surface area contributed by atoms with Gasteiger partial charge in [-0.1, -0.05) is 19.8 Å². The summed E-state index contributed by atoms with van der Waals surface area (Å²) in [6, 6.07) is 0. The van der Waals surface area contributed by atoms with Crippen LogP contribution in [0.5, 0.6) is 0 Å². The molecule has 0 bridgehead atoms. The Bertz CT molecular complexity index is 229. The Hall–Kier alpha value is -1.10. The predicted octanol–water partition coefficient (Wildman–Crippen LogP) is 1.58. The van der Waals surface area contributed by atoms with E-state index in [0.717, 1.165) is 24.5 Å². The smallest absolute Gasteiger partial charge is 0.312 e. The van der Waals surface area contributed by atoms with E-state index in [1.54, 1.807) is 0 Å². The second-order valence-electron chi connectivity index (χ2n) is 3.51. The van der Waals surface area contributed by atoms with E-state index in [0.29, 0.717) is 25.9 Å². The van der Waals surface area contributed by atoms with Crippen molar-refractivity contribution in [1.82, 2.24) is 5.23 Å². The summed E-state index contributed by atoms with van der Waals surface area (Å²) in [5.41, 5.74) is 0. The van der Waals surface area contributed by atoms with Gasteiger partial charge in [0.05, 0.1) is 6.61 Å². The molecule has 15 heavy (non-hydrogen) atoms. The van der Waals surface area contributed by atoms with Crippen molar-refractivity contribution in [2.24, 2.45) is 0 Å². The maximum Gasteiger partial charge on any atom is 0.335 e. The van der Waals surface area contributed by atoms with E-state index in [1.165, 1.54) is 0 Å². The minimum Gasteiger partial charge on any atom is -0.312 e. The lowest BCUT2D eigenvalue weighted by atomic mass is 10.2. The Morgan fingerprint density at radius 1 is 1.53 bits per heavy atom. The van der Waals surface area contributed by atoms with Crippen molar-refractivity contribution >= 4 is 11.9 Å². The summed E-state index contributed by atoms with van der Waals surface area (Å²) >= 11 is 0. The standard InChI is InChI=1S/C10H17NO4/c1-2-3-4-7-10(13)15-11-9(12)6-5-8-14-11/h2-8H2,1H3. The number of hydrogen-bond donors (Lipinski definition) is 0. The molecule has 0 aromatic heterocycles. The monoisotopic (exact) mass is 215 g/mol. The molecule has 1 fully saturated rings. The minimum atomic E-state index is -0.404. The highest BCUT2D eigenvalue weighted by Crippen LogP contribution is 2.10. The Morgan fingerprint density at radius 2 is 2.33 bits per heavy atom. The molecule has 0 unspecified atom stereocenters. The molecule has 0 aliphatic carbocycles. The van der Waals surface area contributed by atoms with E-state index in [4.69, 9.17) is 9.68 Å². The molecule has 86 valence electrons. The quantitative estimate of drug-likeness (QED) is 0.653. The largest absolute Gasteiger partial charge is 0.335 e. The van der Waals surface area contributed by atoms with Crippen LogP contribution in [0.15, 0.2) is 0 Å². The van der Waals surface area contributed by atoms with Crippen LogP contribution < -0.4 is 0 Å². The van der Waals surface area contributed by atoms with E-state index >= 15 is 0 Å². The van der Waals surface area contributed by atoms with E-state index < -0.39 is 5.97 Å². The van der Waals surface area contributed by atoms with Crippen molar-refractivity contribution in [3.63, 3.8) is 0 Å². The molecular weight excluding hydrogens is 198 g/mol. The van der Waals surface area contributed by atoms with E-state index in [-0.39, 0.29) is 5.91 Å². The van der Waals surface area contributed by atoms with E-state index in [2.05, 4.69) is 6.92 Å². The van der Waals surface area contributed by atoms with Crippen LogP contribution >= 0.6 is 0 Å². The Morgan fingerprint density at radius 3 is 3.00 bits per heavy atom. The summed E-state index contributed by atoms with van der Waals surface area (Å²) in [6.07, 6.45) is 4.22. The molecule has 1 rings (SSSR count). The summed E-state index contributed by atoms with van der Waals surface area (Å²) < 4.78 is 0. The highest BCUT2D eigenvalue weighted by atomic mass is 17.0. The molecule has 5 nitrogen and oxygen atoms in total. The summed E-state index contributed by atoms with van der Waals surface area (Å²) in [5.74, 6) is -0.691. The molecular formula is C10H17NO4. The molecule has 1 heterocycles. The minimum absolute atomic E-state index is 0.287. The zero-order valence-electron chi connectivity index (χ0n) is 9.03. The van der Waals surface area contributed by atoms with Gasteiger partial charge in [-0.2, -0.15) is 0 Å². The van der Waals surface area contributed by atoms with Crippen molar-refractivity contribution in [2.75, 3.05) is 6.61 Å². The number of carbonyl (C=O) groups is 2. The number of amides is 1. The highest BCUT2D eigenvalue weighted by Gasteiger charge is 2.23. The molecule has 1 aliphatic heterocycles. The lowest BCUT2D eigenvalue weighted by molar-refractivity contribution is -0.331. The molecule has 0 atom stereocenters. The summed E-state index contributed by atoms with van der Waals surface area (Å²) in [5, 5.41) is 0.720. The molecule has 0 N–H and O–H groups in total. The first-order valence-electron chi connectivity index (χ1n) is 5.40. The number of hydroxylamine groups is 2. The molecule has 0 aromatic carbocycles. The molecule has 0 aromatic rings. The van der Waals surface area contributed by atoms with Crippen molar-refractivity contribution in [2.45, 2.75) is 45.4 Å². The molecule has 0 spiro atoms. The maximum absolute atomic E-state index is 11.2. The van der Waals surface area contributed by atoms with Gasteiger partial charge in [-0.05, 0) is 18.1 Å². The second-order valence-corrected chi connectivity index (χ2v) is 3.51. The van der Waals surface area contributed by atoms with Crippen LogP contribution in [0.1, 0.15) is 45.4 Å². The lowest BCUT2D eigenvalue weighted by Crippen LogP contribution is -2.37. The SMILES string of the molecule is CCCCCC(=O)ON1OCCCC1=O. The van der Waals surface area contributed by atoms with Crippen molar-refractivity contribution in [1.29, 1.82) is 0 Å². The van der Waals surface area contributed by atoms with Gasteiger partial charge in [-0.3, -0.25) is 4.79 Å². The zero-order chi connectivity index (χ0) is 11.1. The van der Waals surface area contributed by atoms with Crippen LogP contribution in [0.3, 0.4) is 0 Å². The average molecular weight is 215 g/mol. The predicted molar refractivity (Wildman–Crippen MR) is 52.3 cm³/mol. The molecule has 5 heteroatoms. The van der Waals surface area contributed by atoms with Crippen LogP contribution in [0.2, 0.25) is 0 Å². The third kappa shape index (κ3) is 4.29. The van der Waals surface area contributed by atoms with E-state index in [1.807, 2.05) is 0 Å². The molecule has 1 amide bonds.